The Bertz CT molecular complexity index is 828. The zero-order valence-corrected chi connectivity index (χ0v) is 15.6. The molecule has 0 atom stereocenters. The smallest absolute Gasteiger partial charge is 0.227 e. The van der Waals surface area contributed by atoms with Gasteiger partial charge in [-0.15, -0.1) is 0 Å². The molecule has 0 unspecified atom stereocenters. The molecule has 0 saturated carbocycles. The Morgan fingerprint density at radius 3 is 1.29 bits per heavy atom. The van der Waals surface area contributed by atoms with E-state index in [4.69, 9.17) is 34.8 Å². The largest absolute Gasteiger partial charge is 0.329 e. The zero-order valence-electron chi connectivity index (χ0n) is 12.4. The third-order valence-electron chi connectivity index (χ3n) is 3.51. The van der Waals surface area contributed by atoms with Crippen LogP contribution in [-0.4, -0.2) is 0 Å². The molecular weight excluding hydrogens is 384 g/mol. The van der Waals surface area contributed by atoms with Crippen LogP contribution in [0.15, 0.2) is 72.8 Å². The summed E-state index contributed by atoms with van der Waals surface area (Å²) in [4.78, 5) is 0. The van der Waals surface area contributed by atoms with Crippen molar-refractivity contribution in [3.05, 3.63) is 87.9 Å². The van der Waals surface area contributed by atoms with Gasteiger partial charge < -0.3 is 5.09 Å². The van der Waals surface area contributed by atoms with Crippen molar-refractivity contribution in [3.8, 4) is 0 Å². The molecule has 0 spiro atoms. The molecule has 3 aromatic carbocycles. The lowest BCUT2D eigenvalue weighted by Gasteiger charge is -2.22. The highest BCUT2D eigenvalue weighted by atomic mass is 35.5. The van der Waals surface area contributed by atoms with Gasteiger partial charge in [-0.25, -0.2) is 0 Å². The van der Waals surface area contributed by atoms with Crippen molar-refractivity contribution >= 4 is 58.4 Å². The molecule has 0 amide bonds. The quantitative estimate of drug-likeness (QED) is 0.549. The van der Waals surface area contributed by atoms with Gasteiger partial charge in [-0.05, 0) is 72.8 Å². The Morgan fingerprint density at radius 2 is 0.917 bits per heavy atom. The molecule has 0 bridgehead atoms. The van der Waals surface area contributed by atoms with E-state index in [-0.39, 0.29) is 0 Å². The fourth-order valence-electron chi connectivity index (χ4n) is 2.29. The molecule has 1 N–H and O–H groups in total. The highest BCUT2D eigenvalue weighted by molar-refractivity contribution is 7.80. The van der Waals surface area contributed by atoms with Crippen LogP contribution in [0.2, 0.25) is 15.1 Å². The van der Waals surface area contributed by atoms with Gasteiger partial charge in [0.25, 0.3) is 0 Å². The van der Waals surface area contributed by atoms with E-state index in [0.29, 0.717) is 31.4 Å². The van der Waals surface area contributed by atoms with E-state index in [0.717, 1.165) is 0 Å². The maximum absolute atomic E-state index is 13.9. The second kappa shape index (κ2) is 7.21. The molecule has 0 aromatic heterocycles. The third kappa shape index (κ3) is 3.79. The Morgan fingerprint density at radius 1 is 0.583 bits per heavy atom. The molecular formula is C18H13Cl3NOP. The molecule has 3 aromatic rings. The molecule has 0 aliphatic heterocycles. The van der Waals surface area contributed by atoms with Crippen LogP contribution >= 0.6 is 42.1 Å². The lowest BCUT2D eigenvalue weighted by Crippen LogP contribution is -2.21. The van der Waals surface area contributed by atoms with E-state index < -0.39 is 7.29 Å². The van der Waals surface area contributed by atoms with Crippen molar-refractivity contribution in [2.45, 2.75) is 0 Å². The van der Waals surface area contributed by atoms with Gasteiger partial charge in [-0.1, -0.05) is 34.8 Å². The van der Waals surface area contributed by atoms with Crippen molar-refractivity contribution < 1.29 is 4.57 Å². The average molecular weight is 397 g/mol. The van der Waals surface area contributed by atoms with Gasteiger partial charge in [0.05, 0.1) is 0 Å². The van der Waals surface area contributed by atoms with E-state index >= 15 is 0 Å². The van der Waals surface area contributed by atoms with Crippen molar-refractivity contribution in [2.24, 2.45) is 0 Å². The van der Waals surface area contributed by atoms with Crippen molar-refractivity contribution in [2.75, 3.05) is 5.09 Å². The Kier molecular flexibility index (Phi) is 5.22. The second-order valence-corrected chi connectivity index (χ2v) is 8.97. The average Bonchev–Trinajstić information content (AvgIpc) is 2.58. The lowest BCUT2D eigenvalue weighted by molar-refractivity contribution is 0.590. The Labute approximate surface area is 155 Å². The monoisotopic (exact) mass is 395 g/mol. The topological polar surface area (TPSA) is 29.1 Å². The third-order valence-corrected chi connectivity index (χ3v) is 6.89. The minimum atomic E-state index is -3.11. The first kappa shape index (κ1) is 17.4. The van der Waals surface area contributed by atoms with Crippen LogP contribution in [0.1, 0.15) is 0 Å². The van der Waals surface area contributed by atoms with Crippen LogP contribution in [0.4, 0.5) is 5.69 Å². The van der Waals surface area contributed by atoms with Crippen LogP contribution in [0.5, 0.6) is 0 Å². The van der Waals surface area contributed by atoms with Gasteiger partial charge in [0.2, 0.25) is 7.29 Å². The summed E-state index contributed by atoms with van der Waals surface area (Å²) in [6, 6.07) is 21.0. The predicted octanol–water partition coefficient (Wildman–Crippen LogP) is 5.99. The van der Waals surface area contributed by atoms with E-state index in [9.17, 15) is 4.57 Å². The fourth-order valence-corrected chi connectivity index (χ4v) is 4.87. The normalized spacial score (nSPS) is 11.3. The summed E-state index contributed by atoms with van der Waals surface area (Å²) < 4.78 is 13.9. The Balaban J connectivity index is 2.09. The lowest BCUT2D eigenvalue weighted by atomic mass is 10.3. The number of halogens is 3. The summed E-state index contributed by atoms with van der Waals surface area (Å²) in [6.07, 6.45) is 0. The molecule has 24 heavy (non-hydrogen) atoms. The van der Waals surface area contributed by atoms with Gasteiger partial charge in [-0.2, -0.15) is 0 Å². The highest BCUT2D eigenvalue weighted by Crippen LogP contribution is 2.44. The van der Waals surface area contributed by atoms with Crippen LogP contribution < -0.4 is 15.7 Å². The number of rotatable bonds is 4. The first-order chi connectivity index (χ1) is 11.5. The van der Waals surface area contributed by atoms with Crippen molar-refractivity contribution in [3.63, 3.8) is 0 Å². The minimum absolute atomic E-state index is 0.591. The molecule has 3 rings (SSSR count). The van der Waals surface area contributed by atoms with Crippen LogP contribution in [0.3, 0.4) is 0 Å². The molecule has 0 heterocycles. The summed E-state index contributed by atoms with van der Waals surface area (Å²) >= 11 is 17.9. The molecule has 0 aliphatic carbocycles. The second-order valence-electron chi connectivity index (χ2n) is 5.18. The summed E-state index contributed by atoms with van der Waals surface area (Å²) in [5.41, 5.74) is 0.715. The van der Waals surface area contributed by atoms with Crippen LogP contribution in [0.25, 0.3) is 0 Å². The van der Waals surface area contributed by atoms with E-state index in [1.165, 1.54) is 0 Å². The van der Waals surface area contributed by atoms with Crippen LogP contribution in [0, 0.1) is 0 Å². The predicted molar refractivity (Wildman–Crippen MR) is 105 cm³/mol. The Hall–Kier alpha value is -1.44. The number of hydrogen-bond donors (Lipinski definition) is 1. The van der Waals surface area contributed by atoms with E-state index in [1.807, 2.05) is 0 Å². The fraction of sp³-hybridized carbons (Fsp3) is 0. The number of nitrogens with one attached hydrogen (secondary N) is 1. The zero-order chi connectivity index (χ0) is 17.2. The molecule has 0 radical (unpaired) electrons. The maximum Gasteiger partial charge on any atom is 0.227 e. The summed E-state index contributed by atoms with van der Waals surface area (Å²) in [5.74, 6) is 0. The number of anilines is 1. The van der Waals surface area contributed by atoms with Gasteiger partial charge in [0.1, 0.15) is 0 Å². The number of hydrogen-bond acceptors (Lipinski definition) is 1. The molecule has 0 aliphatic rings. The summed E-state index contributed by atoms with van der Waals surface area (Å²) in [7, 11) is -3.11. The first-order valence-electron chi connectivity index (χ1n) is 7.13. The SMILES string of the molecule is O=P(Nc1ccc(Cl)cc1)(c1ccc(Cl)cc1)c1ccc(Cl)cc1. The first-order valence-corrected chi connectivity index (χ1v) is 9.98. The van der Waals surface area contributed by atoms with Gasteiger partial charge in [-0.3, -0.25) is 4.57 Å². The molecule has 2 nitrogen and oxygen atoms in total. The molecule has 0 fully saturated rings. The van der Waals surface area contributed by atoms with E-state index in [2.05, 4.69) is 5.09 Å². The number of benzene rings is 3. The van der Waals surface area contributed by atoms with Gasteiger partial charge in [0.15, 0.2) is 0 Å². The summed E-state index contributed by atoms with van der Waals surface area (Å²) in [6.45, 7) is 0. The van der Waals surface area contributed by atoms with E-state index in [1.54, 1.807) is 72.8 Å². The van der Waals surface area contributed by atoms with Crippen molar-refractivity contribution in [1.82, 2.24) is 0 Å². The van der Waals surface area contributed by atoms with Crippen LogP contribution in [-0.2, 0) is 4.57 Å². The van der Waals surface area contributed by atoms with Gasteiger partial charge >= 0.3 is 0 Å². The molecule has 6 heteroatoms. The van der Waals surface area contributed by atoms with Gasteiger partial charge in [0, 0.05) is 31.4 Å². The minimum Gasteiger partial charge on any atom is -0.329 e. The summed E-state index contributed by atoms with van der Waals surface area (Å²) in [5, 5.41) is 6.28. The van der Waals surface area contributed by atoms with Crippen molar-refractivity contribution in [1.29, 1.82) is 0 Å². The highest BCUT2D eigenvalue weighted by Gasteiger charge is 2.27. The maximum atomic E-state index is 13.9. The standard InChI is InChI=1S/C18H13Cl3NOP/c19-13-1-7-16(8-2-13)22-24(23,17-9-3-14(20)4-10-17)18-11-5-15(21)6-12-18/h1-12H,(H,22,23). The molecule has 122 valence electrons. The molecule has 0 saturated heterocycles.